The normalized spacial score (nSPS) is 15.6. The molecule has 0 aromatic heterocycles. The van der Waals surface area contributed by atoms with Gasteiger partial charge in [-0.3, -0.25) is 4.79 Å². The van der Waals surface area contributed by atoms with Crippen molar-refractivity contribution < 1.29 is 9.90 Å². The van der Waals surface area contributed by atoms with Crippen LogP contribution in [0.5, 0.6) is 0 Å². The van der Waals surface area contributed by atoms with Crippen LogP contribution in [0.15, 0.2) is 18.2 Å². The molecule has 0 saturated carbocycles. The summed E-state index contributed by atoms with van der Waals surface area (Å²) in [6.07, 6.45) is 5.90. The molecule has 3 heteroatoms. The first kappa shape index (κ1) is 15.6. The first-order valence-corrected chi connectivity index (χ1v) is 7.71. The van der Waals surface area contributed by atoms with Crippen molar-refractivity contribution >= 4 is 5.91 Å². The quantitative estimate of drug-likeness (QED) is 0.806. The van der Waals surface area contributed by atoms with Crippen LogP contribution in [0.4, 0.5) is 0 Å². The molecule has 112 valence electrons. The van der Waals surface area contributed by atoms with Crippen LogP contribution in [0.1, 0.15) is 53.6 Å². The lowest BCUT2D eigenvalue weighted by atomic mass is 10.0. The summed E-state index contributed by atoms with van der Waals surface area (Å²) in [6, 6.07) is 5.69. The van der Waals surface area contributed by atoms with Crippen molar-refractivity contribution in [2.24, 2.45) is 0 Å². The molecule has 0 bridgehead atoms. The molecule has 1 aliphatic rings. The van der Waals surface area contributed by atoms with Gasteiger partial charge in [0, 0.05) is 24.2 Å². The molecule has 0 aliphatic carbocycles. The Hall–Kier alpha value is -1.79. The number of benzene rings is 1. The van der Waals surface area contributed by atoms with Crippen LogP contribution in [-0.4, -0.2) is 35.6 Å². The number of carbonyl (C=O) groups is 1. The number of nitrogens with zero attached hydrogens (tertiary/aromatic N) is 1. The monoisotopic (exact) mass is 285 g/mol. The number of hydrogen-bond donors (Lipinski definition) is 1. The summed E-state index contributed by atoms with van der Waals surface area (Å²) in [5.74, 6) is 5.63. The molecule has 3 nitrogen and oxygen atoms in total. The average molecular weight is 285 g/mol. The van der Waals surface area contributed by atoms with Gasteiger partial charge in [-0.2, -0.15) is 0 Å². The van der Waals surface area contributed by atoms with Gasteiger partial charge in [0.1, 0.15) is 6.61 Å². The molecule has 0 unspecified atom stereocenters. The van der Waals surface area contributed by atoms with Crippen LogP contribution in [0, 0.1) is 18.8 Å². The highest BCUT2D eigenvalue weighted by atomic mass is 16.2. The number of likely N-dealkylation sites (tertiary alicyclic amines) is 1. The van der Waals surface area contributed by atoms with Gasteiger partial charge in [0.25, 0.3) is 5.91 Å². The van der Waals surface area contributed by atoms with Gasteiger partial charge < -0.3 is 10.0 Å². The summed E-state index contributed by atoms with van der Waals surface area (Å²) < 4.78 is 0. The predicted molar refractivity (Wildman–Crippen MR) is 84.1 cm³/mol. The molecule has 1 aromatic carbocycles. The third-order valence-corrected chi connectivity index (χ3v) is 3.78. The van der Waals surface area contributed by atoms with E-state index in [-0.39, 0.29) is 12.5 Å². The van der Waals surface area contributed by atoms with Gasteiger partial charge in [0.05, 0.1) is 0 Å². The van der Waals surface area contributed by atoms with Crippen molar-refractivity contribution in [1.29, 1.82) is 0 Å². The highest BCUT2D eigenvalue weighted by Gasteiger charge is 2.17. The van der Waals surface area contributed by atoms with E-state index in [9.17, 15) is 4.79 Å². The molecule has 0 radical (unpaired) electrons. The number of aryl methyl sites for hydroxylation is 1. The third kappa shape index (κ3) is 4.61. The van der Waals surface area contributed by atoms with E-state index in [1.807, 2.05) is 30.0 Å². The van der Waals surface area contributed by atoms with Crippen LogP contribution in [-0.2, 0) is 0 Å². The van der Waals surface area contributed by atoms with Crippen LogP contribution in [0.2, 0.25) is 0 Å². The number of rotatable bonds is 1. The Labute approximate surface area is 127 Å². The molecule has 1 aromatic rings. The molecule has 1 amide bonds. The second-order valence-electron chi connectivity index (χ2n) is 5.61. The van der Waals surface area contributed by atoms with Crippen molar-refractivity contribution in [3.05, 3.63) is 34.9 Å². The minimum atomic E-state index is -0.163. The second-order valence-corrected chi connectivity index (χ2v) is 5.61. The zero-order valence-corrected chi connectivity index (χ0v) is 12.7. The highest BCUT2D eigenvalue weighted by molar-refractivity contribution is 5.94. The maximum absolute atomic E-state index is 12.7. The smallest absolute Gasteiger partial charge is 0.253 e. The predicted octanol–water partition coefficient (Wildman–Crippen LogP) is 2.75. The van der Waals surface area contributed by atoms with Crippen molar-refractivity contribution in [1.82, 2.24) is 4.90 Å². The Kier molecular flexibility index (Phi) is 5.83. The topological polar surface area (TPSA) is 40.5 Å². The van der Waals surface area contributed by atoms with Crippen molar-refractivity contribution in [2.75, 3.05) is 19.7 Å². The second kappa shape index (κ2) is 7.85. The number of hydrogen-bond acceptors (Lipinski definition) is 2. The minimum Gasteiger partial charge on any atom is -0.384 e. The Morgan fingerprint density at radius 1 is 1.14 bits per heavy atom. The Balaban J connectivity index is 2.18. The maximum Gasteiger partial charge on any atom is 0.253 e. The molecule has 1 heterocycles. The standard InChI is InChI=1S/C18H23NO2/c1-15-12-16(8-7-11-20)14-17(13-15)18(21)19-9-5-3-2-4-6-10-19/h12-14,20H,2-6,9-11H2,1H3. The molecule has 1 N–H and O–H groups in total. The van der Waals surface area contributed by atoms with Gasteiger partial charge in [-0.1, -0.05) is 31.1 Å². The molecule has 1 saturated heterocycles. The molecular formula is C18H23NO2. The molecule has 21 heavy (non-hydrogen) atoms. The minimum absolute atomic E-state index is 0.104. The molecule has 0 spiro atoms. The third-order valence-electron chi connectivity index (χ3n) is 3.78. The Morgan fingerprint density at radius 2 is 1.81 bits per heavy atom. The van der Waals surface area contributed by atoms with Gasteiger partial charge in [-0.15, -0.1) is 0 Å². The largest absolute Gasteiger partial charge is 0.384 e. The van der Waals surface area contributed by atoms with E-state index in [4.69, 9.17) is 5.11 Å². The fraction of sp³-hybridized carbons (Fsp3) is 0.500. The SMILES string of the molecule is Cc1cc(C#CCO)cc(C(=O)N2CCCCCCC2)c1. The van der Waals surface area contributed by atoms with E-state index < -0.39 is 0 Å². The van der Waals surface area contributed by atoms with E-state index in [1.54, 1.807) is 0 Å². The Bertz CT molecular complexity index is 546. The van der Waals surface area contributed by atoms with Gasteiger partial charge in [0.2, 0.25) is 0 Å². The lowest BCUT2D eigenvalue weighted by Crippen LogP contribution is -2.33. The summed E-state index contributed by atoms with van der Waals surface area (Å²) in [7, 11) is 0. The fourth-order valence-electron chi connectivity index (χ4n) is 2.75. The maximum atomic E-state index is 12.7. The number of aliphatic hydroxyl groups is 1. The Morgan fingerprint density at radius 3 is 2.48 bits per heavy atom. The zero-order chi connectivity index (χ0) is 15.1. The van der Waals surface area contributed by atoms with Crippen LogP contribution in [0.3, 0.4) is 0 Å². The van der Waals surface area contributed by atoms with E-state index in [0.29, 0.717) is 5.56 Å². The number of amides is 1. The lowest BCUT2D eigenvalue weighted by Gasteiger charge is -2.25. The summed E-state index contributed by atoms with van der Waals surface area (Å²) in [5.41, 5.74) is 2.52. The van der Waals surface area contributed by atoms with Gasteiger partial charge in [0.15, 0.2) is 0 Å². The fourth-order valence-corrected chi connectivity index (χ4v) is 2.75. The molecule has 1 fully saturated rings. The van der Waals surface area contributed by atoms with E-state index in [0.717, 1.165) is 37.1 Å². The van der Waals surface area contributed by atoms with Gasteiger partial charge in [-0.05, 0) is 43.5 Å². The van der Waals surface area contributed by atoms with Crippen LogP contribution in [0.25, 0.3) is 0 Å². The highest BCUT2D eigenvalue weighted by Crippen LogP contribution is 2.16. The first-order valence-electron chi connectivity index (χ1n) is 7.71. The summed E-state index contributed by atoms with van der Waals surface area (Å²) >= 11 is 0. The molecule has 1 aliphatic heterocycles. The lowest BCUT2D eigenvalue weighted by molar-refractivity contribution is 0.0742. The molecular weight excluding hydrogens is 262 g/mol. The van der Waals surface area contributed by atoms with Crippen molar-refractivity contribution in [2.45, 2.75) is 39.0 Å². The zero-order valence-electron chi connectivity index (χ0n) is 12.7. The van der Waals surface area contributed by atoms with Gasteiger partial charge in [-0.25, -0.2) is 0 Å². The molecule has 2 rings (SSSR count). The summed E-state index contributed by atoms with van der Waals surface area (Å²) in [4.78, 5) is 14.6. The van der Waals surface area contributed by atoms with E-state index >= 15 is 0 Å². The van der Waals surface area contributed by atoms with Gasteiger partial charge >= 0.3 is 0 Å². The number of carbonyl (C=O) groups excluding carboxylic acids is 1. The first-order chi connectivity index (χ1) is 10.2. The van der Waals surface area contributed by atoms with Crippen LogP contribution >= 0.6 is 0 Å². The van der Waals surface area contributed by atoms with Crippen molar-refractivity contribution in [3.8, 4) is 11.8 Å². The summed E-state index contributed by atoms with van der Waals surface area (Å²) in [5, 5.41) is 8.79. The average Bonchev–Trinajstić information content (AvgIpc) is 2.43. The van der Waals surface area contributed by atoms with Crippen molar-refractivity contribution in [3.63, 3.8) is 0 Å². The molecule has 0 atom stereocenters. The van der Waals surface area contributed by atoms with E-state index in [2.05, 4.69) is 11.8 Å². The summed E-state index contributed by atoms with van der Waals surface area (Å²) in [6.45, 7) is 3.51. The van der Waals surface area contributed by atoms with Crippen LogP contribution < -0.4 is 0 Å². The number of aliphatic hydroxyl groups excluding tert-OH is 1. The van der Waals surface area contributed by atoms with E-state index in [1.165, 1.54) is 19.3 Å².